The van der Waals surface area contributed by atoms with Crippen molar-refractivity contribution in [1.82, 2.24) is 5.16 Å². The van der Waals surface area contributed by atoms with Crippen molar-refractivity contribution < 1.29 is 14.1 Å². The molecule has 1 atom stereocenters. The topological polar surface area (TPSA) is 55.6 Å². The Labute approximate surface area is 146 Å². The number of hydrogen-bond acceptors (Lipinski definition) is 5. The molecule has 1 aliphatic rings. The lowest BCUT2D eigenvalue weighted by Gasteiger charge is -2.32. The highest BCUT2D eigenvalue weighted by atomic mass is 32.2. The first-order chi connectivity index (χ1) is 11.3. The fraction of sp³-hybridized carbons (Fsp3) is 0.444. The molecule has 6 heteroatoms. The highest BCUT2D eigenvalue weighted by molar-refractivity contribution is 8.00. The molecular weight excluding hydrogens is 324 g/mol. The van der Waals surface area contributed by atoms with Crippen LogP contribution in [0.4, 0.5) is 5.69 Å². The molecule has 0 bridgehead atoms. The molecule has 3 rings (SSSR count). The van der Waals surface area contributed by atoms with Crippen LogP contribution >= 0.6 is 11.8 Å². The second-order valence-electron chi connectivity index (χ2n) is 6.89. The maximum Gasteiger partial charge on any atom is 0.280 e. The number of para-hydroxylation sites is 1. The van der Waals surface area contributed by atoms with Gasteiger partial charge in [-0.3, -0.25) is 4.79 Å². The molecule has 1 aromatic heterocycles. The normalized spacial score (nSPS) is 17.7. The predicted molar refractivity (Wildman–Crippen MR) is 94.5 cm³/mol. The highest BCUT2D eigenvalue weighted by Crippen LogP contribution is 2.38. The van der Waals surface area contributed by atoms with Crippen LogP contribution in [0.2, 0.25) is 0 Å². The van der Waals surface area contributed by atoms with Crippen LogP contribution in [0.1, 0.15) is 43.9 Å². The molecule has 1 aromatic carbocycles. The number of ether oxygens (including phenoxy) is 1. The first kappa shape index (κ1) is 17.0. The van der Waals surface area contributed by atoms with Crippen LogP contribution in [0, 0.1) is 0 Å². The van der Waals surface area contributed by atoms with Gasteiger partial charge in [0, 0.05) is 22.8 Å². The van der Waals surface area contributed by atoms with Gasteiger partial charge in [0.25, 0.3) is 5.91 Å². The molecule has 0 spiro atoms. The third kappa shape index (κ3) is 3.82. The molecule has 0 radical (unpaired) electrons. The van der Waals surface area contributed by atoms with Gasteiger partial charge in [-0.25, -0.2) is 0 Å². The number of fused-ring (bicyclic) bond motifs is 1. The Morgan fingerprint density at radius 2 is 2.17 bits per heavy atom. The van der Waals surface area contributed by atoms with E-state index < -0.39 is 0 Å². The van der Waals surface area contributed by atoms with E-state index >= 15 is 0 Å². The molecule has 1 amide bonds. The zero-order chi connectivity index (χ0) is 17.3. The average Bonchev–Trinajstić information content (AvgIpc) is 3.00. The minimum Gasteiger partial charge on any atom is -0.368 e. The van der Waals surface area contributed by atoms with Crippen LogP contribution in [0.25, 0.3) is 0 Å². The van der Waals surface area contributed by atoms with Crippen molar-refractivity contribution in [3.8, 4) is 0 Å². The number of hydrogen-bond donors (Lipinski definition) is 0. The summed E-state index contributed by atoms with van der Waals surface area (Å²) in [6.07, 6.45) is 0. The zero-order valence-corrected chi connectivity index (χ0v) is 15.2. The summed E-state index contributed by atoms with van der Waals surface area (Å²) >= 11 is 1.79. The number of aromatic nitrogens is 1. The molecule has 0 aliphatic carbocycles. The monoisotopic (exact) mass is 346 g/mol. The van der Waals surface area contributed by atoms with Crippen LogP contribution < -0.4 is 4.90 Å². The second kappa shape index (κ2) is 6.61. The summed E-state index contributed by atoms with van der Waals surface area (Å²) < 4.78 is 10.9. The van der Waals surface area contributed by atoms with Crippen molar-refractivity contribution in [2.75, 3.05) is 11.4 Å². The van der Waals surface area contributed by atoms with Gasteiger partial charge < -0.3 is 14.2 Å². The number of rotatable bonds is 3. The van der Waals surface area contributed by atoms with Crippen LogP contribution in [0.15, 0.2) is 39.8 Å². The molecule has 24 heavy (non-hydrogen) atoms. The van der Waals surface area contributed by atoms with Crippen LogP contribution in [-0.4, -0.2) is 28.5 Å². The Hall–Kier alpha value is -1.79. The number of benzene rings is 1. The molecule has 128 valence electrons. The molecule has 0 saturated heterocycles. The average molecular weight is 346 g/mol. The summed E-state index contributed by atoms with van der Waals surface area (Å²) in [7, 11) is 0. The van der Waals surface area contributed by atoms with Gasteiger partial charge in [-0.05, 0) is 32.9 Å². The maximum atomic E-state index is 12.9. The highest BCUT2D eigenvalue weighted by Gasteiger charge is 2.29. The lowest BCUT2D eigenvalue weighted by Crippen LogP contribution is -2.38. The van der Waals surface area contributed by atoms with Gasteiger partial charge in [-0.15, -0.1) is 11.8 Å². The van der Waals surface area contributed by atoms with Crippen LogP contribution in [0.3, 0.4) is 0 Å². The quantitative estimate of drug-likeness (QED) is 0.836. The third-order valence-corrected chi connectivity index (χ3v) is 4.75. The van der Waals surface area contributed by atoms with Gasteiger partial charge in [-0.2, -0.15) is 0 Å². The summed E-state index contributed by atoms with van der Waals surface area (Å²) in [6, 6.07) is 9.62. The van der Waals surface area contributed by atoms with Crippen molar-refractivity contribution in [2.45, 2.75) is 50.0 Å². The van der Waals surface area contributed by atoms with E-state index in [0.29, 0.717) is 29.9 Å². The van der Waals surface area contributed by atoms with E-state index in [1.807, 2.05) is 45.0 Å². The zero-order valence-electron chi connectivity index (χ0n) is 14.4. The number of thioether (sulfide) groups is 1. The fourth-order valence-corrected chi connectivity index (χ4v) is 3.60. The van der Waals surface area contributed by atoms with Crippen LogP contribution in [0.5, 0.6) is 0 Å². The van der Waals surface area contributed by atoms with E-state index in [2.05, 4.69) is 12.1 Å². The Morgan fingerprint density at radius 3 is 2.92 bits per heavy atom. The van der Waals surface area contributed by atoms with Crippen molar-refractivity contribution in [2.24, 2.45) is 0 Å². The fourth-order valence-electron chi connectivity index (χ4n) is 2.49. The summed E-state index contributed by atoms with van der Waals surface area (Å²) in [5.41, 5.74) is 0.979. The van der Waals surface area contributed by atoms with Gasteiger partial charge in [-0.1, -0.05) is 24.2 Å². The van der Waals surface area contributed by atoms with Gasteiger partial charge in [0.05, 0.1) is 11.3 Å². The molecule has 2 aromatic rings. The maximum absolute atomic E-state index is 12.9. The van der Waals surface area contributed by atoms with Gasteiger partial charge in [0.2, 0.25) is 0 Å². The van der Waals surface area contributed by atoms with Crippen molar-refractivity contribution in [3.05, 3.63) is 41.8 Å². The summed E-state index contributed by atoms with van der Waals surface area (Å²) in [4.78, 5) is 15.8. The minimum atomic E-state index is -0.268. The lowest BCUT2D eigenvalue weighted by molar-refractivity contribution is -0.0241. The predicted octanol–water partition coefficient (Wildman–Crippen LogP) is 4.13. The number of carbonyl (C=O) groups excluding carboxylic acids is 1. The minimum absolute atomic E-state index is 0.139. The standard InChI is InChI=1S/C18H22N2O3S/c1-12-10-20(15-7-5-6-8-16(15)24-12)17(21)14-9-13(23-19-14)11-22-18(2,3)4/h5-9,12H,10-11H2,1-4H3. The van der Waals surface area contributed by atoms with E-state index in [-0.39, 0.29) is 11.5 Å². The largest absolute Gasteiger partial charge is 0.368 e. The van der Waals surface area contributed by atoms with Crippen LogP contribution in [-0.2, 0) is 11.3 Å². The number of anilines is 1. The molecule has 2 heterocycles. The van der Waals surface area contributed by atoms with Crippen molar-refractivity contribution >= 4 is 23.4 Å². The lowest BCUT2D eigenvalue weighted by atomic mass is 10.2. The molecule has 5 nitrogen and oxygen atoms in total. The van der Waals surface area contributed by atoms with Gasteiger partial charge in [0.1, 0.15) is 6.61 Å². The molecule has 1 aliphatic heterocycles. The SMILES string of the molecule is CC1CN(C(=O)c2cc(COC(C)(C)C)on2)c2ccccc2S1. The first-order valence-corrected chi connectivity index (χ1v) is 8.88. The van der Waals surface area contributed by atoms with E-state index in [1.54, 1.807) is 22.7 Å². The second-order valence-corrected chi connectivity index (χ2v) is 8.37. The smallest absolute Gasteiger partial charge is 0.280 e. The Morgan fingerprint density at radius 1 is 1.42 bits per heavy atom. The Kier molecular flexibility index (Phi) is 4.69. The number of amides is 1. The first-order valence-electron chi connectivity index (χ1n) is 8.00. The number of carbonyl (C=O) groups is 1. The summed E-state index contributed by atoms with van der Waals surface area (Å²) in [5, 5.41) is 4.27. The molecule has 0 fully saturated rings. The van der Waals surface area contributed by atoms with Gasteiger partial charge >= 0.3 is 0 Å². The van der Waals surface area contributed by atoms with E-state index in [0.717, 1.165) is 10.6 Å². The Bertz CT molecular complexity index is 736. The van der Waals surface area contributed by atoms with E-state index in [9.17, 15) is 4.79 Å². The van der Waals surface area contributed by atoms with Gasteiger partial charge in [0.15, 0.2) is 11.5 Å². The summed E-state index contributed by atoms with van der Waals surface area (Å²) in [6.45, 7) is 8.98. The summed E-state index contributed by atoms with van der Waals surface area (Å²) in [5.74, 6) is 0.418. The van der Waals surface area contributed by atoms with E-state index in [4.69, 9.17) is 9.26 Å². The molecular formula is C18H22N2O3S. The molecule has 1 unspecified atom stereocenters. The molecule has 0 N–H and O–H groups in total. The Balaban J connectivity index is 1.79. The van der Waals surface area contributed by atoms with Crippen molar-refractivity contribution in [3.63, 3.8) is 0 Å². The van der Waals surface area contributed by atoms with E-state index in [1.165, 1.54) is 0 Å². The third-order valence-electron chi connectivity index (χ3n) is 3.59. The molecule has 0 saturated carbocycles. The van der Waals surface area contributed by atoms with Crippen molar-refractivity contribution in [1.29, 1.82) is 0 Å². The number of nitrogens with zero attached hydrogens (tertiary/aromatic N) is 2.